The molecule has 0 spiro atoms. The molecule has 0 atom stereocenters. The minimum absolute atomic E-state index is 0.0359. The fourth-order valence-corrected chi connectivity index (χ4v) is 2.52. The highest BCUT2D eigenvalue weighted by Crippen LogP contribution is 2.22. The summed E-state index contributed by atoms with van der Waals surface area (Å²) in [5.74, 6) is -0.640. The number of nitriles is 1. The molecule has 2 rings (SSSR count). The summed E-state index contributed by atoms with van der Waals surface area (Å²) in [7, 11) is 1.25. The minimum Gasteiger partial charge on any atom is -0.465 e. The van der Waals surface area contributed by atoms with E-state index in [9.17, 15) is 4.79 Å². The number of ether oxygens (including phenoxy) is 1. The van der Waals surface area contributed by atoms with Gasteiger partial charge in [0, 0.05) is 11.1 Å². The number of aromatic nitrogens is 2. The summed E-state index contributed by atoms with van der Waals surface area (Å²) in [5.41, 5.74) is 1.47. The number of hydrogen-bond acceptors (Lipinski definition) is 5. The van der Waals surface area contributed by atoms with E-state index in [1.165, 1.54) is 13.2 Å². The molecule has 92 valence electrons. The van der Waals surface area contributed by atoms with Crippen LogP contribution < -0.4 is 0 Å². The Bertz CT molecular complexity index is 688. The molecular weight excluding hydrogens is 250 g/mol. The molecule has 0 radical (unpaired) electrons. The Labute approximate surface area is 108 Å². The molecule has 2 aromatic heterocycles. The number of rotatable bonds is 2. The second-order valence-electron chi connectivity index (χ2n) is 3.74. The molecular formula is C12H11N3O2S. The number of hydrogen-bond donors (Lipinski definition) is 0. The van der Waals surface area contributed by atoms with Gasteiger partial charge in [0.2, 0.25) is 0 Å². The van der Waals surface area contributed by atoms with Crippen molar-refractivity contribution >= 4 is 28.3 Å². The van der Waals surface area contributed by atoms with Crippen molar-refractivity contribution < 1.29 is 9.53 Å². The topological polar surface area (TPSA) is 67.4 Å². The summed E-state index contributed by atoms with van der Waals surface area (Å²) >= 11 is 1.56. The van der Waals surface area contributed by atoms with Gasteiger partial charge < -0.3 is 4.74 Å². The lowest BCUT2D eigenvalue weighted by molar-refractivity contribution is -0.135. The predicted octanol–water partition coefficient (Wildman–Crippen LogP) is 2.09. The largest absolute Gasteiger partial charge is 0.465 e. The number of aryl methyl sites for hydroxylation is 2. The quantitative estimate of drug-likeness (QED) is 0.471. The van der Waals surface area contributed by atoms with Crippen LogP contribution in [0.4, 0.5) is 0 Å². The van der Waals surface area contributed by atoms with Crippen LogP contribution in [0.15, 0.2) is 11.8 Å². The Balaban J connectivity index is 2.60. The Morgan fingerprint density at radius 2 is 2.33 bits per heavy atom. The summed E-state index contributed by atoms with van der Waals surface area (Å²) in [6, 6.07) is 1.84. The molecule has 2 aromatic rings. The molecule has 0 bridgehead atoms. The fourth-order valence-electron chi connectivity index (χ4n) is 1.64. The predicted molar refractivity (Wildman–Crippen MR) is 68.1 cm³/mol. The Hall–Kier alpha value is -2.13. The zero-order chi connectivity index (χ0) is 13.3. The third kappa shape index (κ3) is 2.00. The van der Waals surface area contributed by atoms with Crippen molar-refractivity contribution in [2.24, 2.45) is 0 Å². The molecule has 0 saturated carbocycles. The van der Waals surface area contributed by atoms with Crippen LogP contribution in [-0.2, 0) is 9.53 Å². The van der Waals surface area contributed by atoms with Crippen molar-refractivity contribution in [3.05, 3.63) is 28.0 Å². The van der Waals surface area contributed by atoms with E-state index in [4.69, 9.17) is 5.26 Å². The average Bonchev–Trinajstić information content (AvgIpc) is 2.82. The average molecular weight is 261 g/mol. The van der Waals surface area contributed by atoms with Gasteiger partial charge in [-0.05, 0) is 19.9 Å². The molecule has 0 N–H and O–H groups in total. The van der Waals surface area contributed by atoms with E-state index in [-0.39, 0.29) is 5.57 Å². The van der Waals surface area contributed by atoms with Crippen molar-refractivity contribution in [1.82, 2.24) is 9.38 Å². The van der Waals surface area contributed by atoms with Crippen LogP contribution in [0.25, 0.3) is 11.0 Å². The van der Waals surface area contributed by atoms with Crippen LogP contribution >= 0.6 is 11.3 Å². The number of thiazole rings is 1. The van der Waals surface area contributed by atoms with Crippen molar-refractivity contribution in [2.75, 3.05) is 7.11 Å². The van der Waals surface area contributed by atoms with Crippen LogP contribution in [-0.4, -0.2) is 22.5 Å². The van der Waals surface area contributed by atoms with Gasteiger partial charge in [-0.2, -0.15) is 5.26 Å². The van der Waals surface area contributed by atoms with Gasteiger partial charge in [-0.15, -0.1) is 11.3 Å². The van der Waals surface area contributed by atoms with Crippen LogP contribution in [0, 0.1) is 25.2 Å². The summed E-state index contributed by atoms with van der Waals surface area (Å²) in [6.45, 7) is 3.82. The highest BCUT2D eigenvalue weighted by molar-refractivity contribution is 7.17. The van der Waals surface area contributed by atoms with E-state index in [0.717, 1.165) is 21.2 Å². The van der Waals surface area contributed by atoms with Gasteiger partial charge in [-0.1, -0.05) is 0 Å². The van der Waals surface area contributed by atoms with Crippen LogP contribution in [0.3, 0.4) is 0 Å². The van der Waals surface area contributed by atoms with Gasteiger partial charge in [0.1, 0.15) is 11.6 Å². The Kier molecular flexibility index (Phi) is 3.17. The molecule has 0 aliphatic heterocycles. The second kappa shape index (κ2) is 4.63. The minimum atomic E-state index is -0.640. The van der Waals surface area contributed by atoms with Crippen LogP contribution in [0.5, 0.6) is 0 Å². The number of esters is 1. The van der Waals surface area contributed by atoms with E-state index in [2.05, 4.69) is 9.72 Å². The fraction of sp³-hybridized carbons (Fsp3) is 0.250. The molecule has 0 amide bonds. The van der Waals surface area contributed by atoms with Gasteiger partial charge in [-0.3, -0.25) is 4.40 Å². The van der Waals surface area contributed by atoms with E-state index < -0.39 is 5.97 Å². The van der Waals surface area contributed by atoms with Crippen LogP contribution in [0.2, 0.25) is 0 Å². The number of fused-ring (bicyclic) bond motifs is 1. The normalized spacial score (nSPS) is 11.6. The lowest BCUT2D eigenvalue weighted by atomic mass is 10.2. The van der Waals surface area contributed by atoms with Crippen molar-refractivity contribution in [2.45, 2.75) is 13.8 Å². The first-order valence-corrected chi connectivity index (χ1v) is 6.03. The first kappa shape index (κ1) is 12.3. The standard InChI is InChI=1S/C12H11N3O2S/c1-7-6-15-10(8(2)14-12(15)18-7)4-9(5-13)11(16)17-3/h4,6H,1-3H3/b9-4+. The molecule has 0 aliphatic carbocycles. The van der Waals surface area contributed by atoms with Gasteiger partial charge in [0.05, 0.1) is 18.5 Å². The second-order valence-corrected chi connectivity index (χ2v) is 4.95. The number of carbonyl (C=O) groups is 1. The highest BCUT2D eigenvalue weighted by atomic mass is 32.1. The third-order valence-corrected chi connectivity index (χ3v) is 3.37. The van der Waals surface area contributed by atoms with E-state index in [1.54, 1.807) is 11.3 Å². The van der Waals surface area contributed by atoms with Gasteiger partial charge in [0.25, 0.3) is 0 Å². The molecule has 0 aromatic carbocycles. The maximum absolute atomic E-state index is 11.4. The molecule has 2 heterocycles. The maximum Gasteiger partial charge on any atom is 0.348 e. The number of carbonyl (C=O) groups excluding carboxylic acids is 1. The molecule has 0 unspecified atom stereocenters. The lowest BCUT2D eigenvalue weighted by Gasteiger charge is -1.97. The molecule has 0 aliphatic rings. The first-order chi connectivity index (χ1) is 8.56. The monoisotopic (exact) mass is 261 g/mol. The number of nitrogens with zero attached hydrogens (tertiary/aromatic N) is 3. The number of methoxy groups -OCH3 is 1. The molecule has 18 heavy (non-hydrogen) atoms. The Morgan fingerprint density at radius 3 is 2.94 bits per heavy atom. The molecule has 0 fully saturated rings. The van der Waals surface area contributed by atoms with Gasteiger partial charge in [0.15, 0.2) is 4.96 Å². The molecule has 0 saturated heterocycles. The van der Waals surface area contributed by atoms with E-state index in [0.29, 0.717) is 0 Å². The van der Waals surface area contributed by atoms with E-state index in [1.807, 2.05) is 30.5 Å². The van der Waals surface area contributed by atoms with Crippen LogP contribution in [0.1, 0.15) is 16.3 Å². The zero-order valence-electron chi connectivity index (χ0n) is 10.2. The van der Waals surface area contributed by atoms with E-state index >= 15 is 0 Å². The number of imidazole rings is 1. The van der Waals surface area contributed by atoms with Crippen molar-refractivity contribution in [1.29, 1.82) is 5.26 Å². The summed E-state index contributed by atoms with van der Waals surface area (Å²) in [5, 5.41) is 8.95. The Morgan fingerprint density at radius 1 is 1.61 bits per heavy atom. The molecule has 6 heteroatoms. The highest BCUT2D eigenvalue weighted by Gasteiger charge is 2.14. The third-order valence-electron chi connectivity index (χ3n) is 2.47. The lowest BCUT2D eigenvalue weighted by Crippen LogP contribution is -2.03. The van der Waals surface area contributed by atoms with Crippen molar-refractivity contribution in [3.8, 4) is 6.07 Å². The van der Waals surface area contributed by atoms with Crippen molar-refractivity contribution in [3.63, 3.8) is 0 Å². The molecule has 5 nitrogen and oxygen atoms in total. The zero-order valence-corrected chi connectivity index (χ0v) is 11.0. The summed E-state index contributed by atoms with van der Waals surface area (Å²) in [4.78, 5) is 17.7. The summed E-state index contributed by atoms with van der Waals surface area (Å²) in [6.07, 6.45) is 3.44. The summed E-state index contributed by atoms with van der Waals surface area (Å²) < 4.78 is 6.42. The first-order valence-electron chi connectivity index (χ1n) is 5.22. The van der Waals surface area contributed by atoms with Gasteiger partial charge in [-0.25, -0.2) is 9.78 Å². The van der Waals surface area contributed by atoms with Gasteiger partial charge >= 0.3 is 5.97 Å². The SMILES string of the molecule is COC(=O)/C(C#N)=C/c1c(C)nc2sc(C)cn12. The smallest absolute Gasteiger partial charge is 0.348 e. The maximum atomic E-state index is 11.4.